The molecule has 3 heteroatoms. The Bertz CT molecular complexity index is 329. The number of ether oxygens (including phenoxy) is 1. The normalized spacial score (nSPS) is 16.8. The molecule has 1 aromatic rings. The highest BCUT2D eigenvalue weighted by Gasteiger charge is 2.13. The molecule has 3 nitrogen and oxygen atoms in total. The van der Waals surface area contributed by atoms with Crippen LogP contribution in [0.15, 0.2) is 24.3 Å². The Labute approximate surface area is 104 Å². The molecule has 0 atom stereocenters. The zero-order valence-corrected chi connectivity index (χ0v) is 10.8. The van der Waals surface area contributed by atoms with E-state index in [4.69, 9.17) is 4.74 Å². The molecule has 1 aromatic carbocycles. The average molecular weight is 234 g/mol. The van der Waals surface area contributed by atoms with Gasteiger partial charge in [-0.2, -0.15) is 0 Å². The van der Waals surface area contributed by atoms with Crippen LogP contribution < -0.4 is 15.0 Å². The van der Waals surface area contributed by atoms with Gasteiger partial charge in [0, 0.05) is 19.8 Å². The van der Waals surface area contributed by atoms with Crippen molar-refractivity contribution in [3.05, 3.63) is 24.3 Å². The van der Waals surface area contributed by atoms with Crippen LogP contribution in [0.4, 0.5) is 5.69 Å². The molecule has 1 saturated heterocycles. The van der Waals surface area contributed by atoms with Crippen LogP contribution >= 0.6 is 0 Å². The van der Waals surface area contributed by atoms with Gasteiger partial charge in [-0.15, -0.1) is 0 Å². The molecule has 0 spiro atoms. The topological polar surface area (TPSA) is 24.5 Å². The van der Waals surface area contributed by atoms with Crippen molar-refractivity contribution in [2.24, 2.45) is 5.92 Å². The van der Waals surface area contributed by atoms with Crippen LogP contribution in [0.3, 0.4) is 0 Å². The lowest BCUT2D eigenvalue weighted by atomic mass is 9.99. The van der Waals surface area contributed by atoms with Crippen molar-refractivity contribution in [1.82, 2.24) is 5.32 Å². The van der Waals surface area contributed by atoms with E-state index in [-0.39, 0.29) is 0 Å². The molecule has 2 rings (SSSR count). The fraction of sp³-hybridized carbons (Fsp3) is 0.571. The van der Waals surface area contributed by atoms with Crippen LogP contribution in [-0.4, -0.2) is 33.8 Å². The largest absolute Gasteiger partial charge is 0.493 e. The van der Waals surface area contributed by atoms with E-state index in [2.05, 4.69) is 34.5 Å². The Hall–Kier alpha value is -1.22. The third-order valence-electron chi connectivity index (χ3n) is 3.30. The van der Waals surface area contributed by atoms with E-state index in [1.54, 1.807) is 0 Å². The Morgan fingerprint density at radius 1 is 1.18 bits per heavy atom. The molecule has 1 aliphatic rings. The molecule has 0 aromatic heterocycles. The minimum absolute atomic E-state index is 0.713. The summed E-state index contributed by atoms with van der Waals surface area (Å²) in [5.74, 6) is 1.69. The smallest absolute Gasteiger partial charge is 0.119 e. The third-order valence-corrected chi connectivity index (χ3v) is 3.30. The summed E-state index contributed by atoms with van der Waals surface area (Å²) in [5.41, 5.74) is 1.21. The van der Waals surface area contributed by atoms with Gasteiger partial charge < -0.3 is 15.0 Å². The number of hydrogen-bond acceptors (Lipinski definition) is 3. The highest BCUT2D eigenvalue weighted by Crippen LogP contribution is 2.19. The molecule has 94 valence electrons. The Morgan fingerprint density at radius 3 is 2.41 bits per heavy atom. The number of anilines is 1. The summed E-state index contributed by atoms with van der Waals surface area (Å²) in [5, 5.41) is 3.37. The second-order valence-corrected chi connectivity index (χ2v) is 4.89. The summed E-state index contributed by atoms with van der Waals surface area (Å²) in [7, 11) is 4.09. The second kappa shape index (κ2) is 5.92. The molecule has 0 unspecified atom stereocenters. The molecule has 0 saturated carbocycles. The van der Waals surface area contributed by atoms with Crippen LogP contribution in [0, 0.1) is 5.92 Å². The molecular weight excluding hydrogens is 212 g/mol. The Balaban J connectivity index is 1.82. The summed E-state index contributed by atoms with van der Waals surface area (Å²) < 4.78 is 5.83. The number of nitrogens with one attached hydrogen (secondary N) is 1. The number of rotatable bonds is 4. The van der Waals surface area contributed by atoms with Crippen molar-refractivity contribution in [3.8, 4) is 5.75 Å². The van der Waals surface area contributed by atoms with Crippen molar-refractivity contribution >= 4 is 5.69 Å². The van der Waals surface area contributed by atoms with Crippen LogP contribution in [0.2, 0.25) is 0 Å². The zero-order chi connectivity index (χ0) is 12.1. The summed E-state index contributed by atoms with van der Waals surface area (Å²) in [6.07, 6.45) is 2.46. The van der Waals surface area contributed by atoms with E-state index in [9.17, 15) is 0 Å². The van der Waals surface area contributed by atoms with Gasteiger partial charge in [0.1, 0.15) is 5.75 Å². The maximum atomic E-state index is 5.83. The maximum absolute atomic E-state index is 5.83. The summed E-state index contributed by atoms with van der Waals surface area (Å²) >= 11 is 0. The van der Waals surface area contributed by atoms with Gasteiger partial charge in [-0.1, -0.05) is 0 Å². The number of hydrogen-bond donors (Lipinski definition) is 1. The summed E-state index contributed by atoms with van der Waals surface area (Å²) in [6.45, 7) is 3.12. The molecule has 0 amide bonds. The van der Waals surface area contributed by atoms with Crippen LogP contribution in [0.5, 0.6) is 5.75 Å². The second-order valence-electron chi connectivity index (χ2n) is 4.89. The number of nitrogens with zero attached hydrogens (tertiary/aromatic N) is 1. The van der Waals surface area contributed by atoms with Crippen molar-refractivity contribution in [2.75, 3.05) is 38.7 Å². The van der Waals surface area contributed by atoms with Crippen molar-refractivity contribution in [1.29, 1.82) is 0 Å². The molecule has 0 aliphatic carbocycles. The lowest BCUT2D eigenvalue weighted by Crippen LogP contribution is -2.30. The maximum Gasteiger partial charge on any atom is 0.119 e. The van der Waals surface area contributed by atoms with Crippen molar-refractivity contribution in [2.45, 2.75) is 12.8 Å². The van der Waals surface area contributed by atoms with Crippen LogP contribution in [0.25, 0.3) is 0 Å². The molecule has 1 aliphatic heterocycles. The van der Waals surface area contributed by atoms with Gasteiger partial charge in [0.05, 0.1) is 6.61 Å². The van der Waals surface area contributed by atoms with Crippen LogP contribution in [-0.2, 0) is 0 Å². The van der Waals surface area contributed by atoms with Gasteiger partial charge in [0.15, 0.2) is 0 Å². The first-order chi connectivity index (χ1) is 8.25. The standard InChI is InChI=1S/C14H22N2O/c1-16(2)13-3-5-14(6-4-13)17-11-12-7-9-15-10-8-12/h3-6,12,15H,7-11H2,1-2H3. The minimum Gasteiger partial charge on any atom is -0.493 e. The summed E-state index contributed by atoms with van der Waals surface area (Å²) in [4.78, 5) is 2.09. The molecule has 0 radical (unpaired) electrons. The van der Waals surface area contributed by atoms with Crippen LogP contribution in [0.1, 0.15) is 12.8 Å². The first-order valence-electron chi connectivity index (χ1n) is 6.36. The fourth-order valence-electron chi connectivity index (χ4n) is 2.10. The van der Waals surface area contributed by atoms with Crippen molar-refractivity contribution < 1.29 is 4.74 Å². The lowest BCUT2D eigenvalue weighted by molar-refractivity contribution is 0.215. The highest BCUT2D eigenvalue weighted by molar-refractivity contribution is 5.47. The molecular formula is C14H22N2O. The molecule has 0 bridgehead atoms. The van der Waals surface area contributed by atoms with E-state index >= 15 is 0 Å². The van der Waals surface area contributed by atoms with Gasteiger partial charge in [-0.05, 0) is 56.1 Å². The lowest BCUT2D eigenvalue weighted by Gasteiger charge is -2.22. The predicted molar refractivity (Wildman–Crippen MR) is 71.9 cm³/mol. The summed E-state index contributed by atoms with van der Waals surface area (Å²) in [6, 6.07) is 8.29. The Kier molecular flexibility index (Phi) is 4.26. The van der Waals surface area contributed by atoms with Gasteiger partial charge in [-0.3, -0.25) is 0 Å². The zero-order valence-electron chi connectivity index (χ0n) is 10.8. The van der Waals surface area contributed by atoms with E-state index in [0.717, 1.165) is 25.4 Å². The van der Waals surface area contributed by atoms with E-state index in [1.807, 2.05) is 14.1 Å². The van der Waals surface area contributed by atoms with Crippen molar-refractivity contribution in [3.63, 3.8) is 0 Å². The minimum atomic E-state index is 0.713. The number of piperidine rings is 1. The third kappa shape index (κ3) is 3.63. The quantitative estimate of drug-likeness (QED) is 0.863. The Morgan fingerprint density at radius 2 is 1.82 bits per heavy atom. The molecule has 17 heavy (non-hydrogen) atoms. The molecule has 1 N–H and O–H groups in total. The SMILES string of the molecule is CN(C)c1ccc(OCC2CCNCC2)cc1. The molecule has 1 fully saturated rings. The monoisotopic (exact) mass is 234 g/mol. The first-order valence-corrected chi connectivity index (χ1v) is 6.36. The van der Waals surface area contributed by atoms with E-state index in [0.29, 0.717) is 5.92 Å². The van der Waals surface area contributed by atoms with Gasteiger partial charge in [-0.25, -0.2) is 0 Å². The fourth-order valence-corrected chi connectivity index (χ4v) is 2.10. The average Bonchev–Trinajstić information content (AvgIpc) is 2.38. The van der Waals surface area contributed by atoms with E-state index in [1.165, 1.54) is 18.5 Å². The van der Waals surface area contributed by atoms with Gasteiger partial charge in [0.2, 0.25) is 0 Å². The number of benzene rings is 1. The van der Waals surface area contributed by atoms with Gasteiger partial charge in [0.25, 0.3) is 0 Å². The molecule has 1 heterocycles. The first kappa shape index (κ1) is 12.2. The van der Waals surface area contributed by atoms with E-state index < -0.39 is 0 Å². The highest BCUT2D eigenvalue weighted by atomic mass is 16.5. The van der Waals surface area contributed by atoms with Gasteiger partial charge >= 0.3 is 0 Å². The predicted octanol–water partition coefficient (Wildman–Crippen LogP) is 2.13.